The minimum atomic E-state index is -4.39. The second kappa shape index (κ2) is 78.6. The summed E-state index contributed by atoms with van der Waals surface area (Å²) < 4.78 is 34.9. The third-order valence-electron chi connectivity index (χ3n) is 20.2. The Labute approximate surface area is 606 Å². The molecule has 97 heavy (non-hydrogen) atoms. The molecule has 0 aromatic heterocycles. The molecule has 0 aliphatic carbocycles. The summed E-state index contributed by atoms with van der Waals surface area (Å²) in [6.45, 7) is 4.52. The summed E-state index contributed by atoms with van der Waals surface area (Å²) in [6, 6.07) is 0. The first-order chi connectivity index (χ1) is 47.5. The van der Waals surface area contributed by atoms with E-state index in [0.29, 0.717) is 17.4 Å². The SMILES string of the molecule is CCCCCCC/C=C\C/C=C\CCCCCCCCCCCCCCCCCCCCCCCCCCCC(=O)OC(COC(=O)CCCCCCCCCCCCCCCCCCCCCCCCCCCCCCCCCCCCCC)COP(=O)(O)OCC[N+](C)(C)C. The van der Waals surface area contributed by atoms with Gasteiger partial charge in [-0.25, -0.2) is 4.57 Å². The first kappa shape index (κ1) is 95.5. The Morgan fingerprint density at radius 2 is 0.557 bits per heavy atom. The second-order valence-electron chi connectivity index (χ2n) is 31.3. The number of likely N-dealkylation sites (N-methyl/N-ethyl adjacent to an activating group) is 1. The van der Waals surface area contributed by atoms with Crippen molar-refractivity contribution in [3.05, 3.63) is 24.3 Å². The molecule has 0 saturated carbocycles. The maximum absolute atomic E-state index is 12.9. The zero-order valence-corrected chi connectivity index (χ0v) is 67.0. The van der Waals surface area contributed by atoms with Crippen molar-refractivity contribution in [2.75, 3.05) is 47.5 Å². The number of phosphoric acid groups is 1. The number of hydrogen-bond acceptors (Lipinski definition) is 7. The van der Waals surface area contributed by atoms with Crippen molar-refractivity contribution in [3.63, 3.8) is 0 Å². The van der Waals surface area contributed by atoms with Gasteiger partial charge in [0.1, 0.15) is 19.8 Å². The molecular weight excluding hydrogens is 1220 g/mol. The molecule has 0 aliphatic heterocycles. The minimum Gasteiger partial charge on any atom is -0.462 e. The Hall–Kier alpha value is -1.51. The fourth-order valence-corrected chi connectivity index (χ4v) is 14.3. The number of unbranched alkanes of at least 4 members (excludes halogenated alkanes) is 65. The lowest BCUT2D eigenvalue weighted by Gasteiger charge is -2.24. The van der Waals surface area contributed by atoms with Crippen LogP contribution < -0.4 is 0 Å². The highest BCUT2D eigenvalue weighted by molar-refractivity contribution is 7.47. The molecule has 2 atom stereocenters. The highest BCUT2D eigenvalue weighted by Crippen LogP contribution is 2.43. The van der Waals surface area contributed by atoms with Gasteiger partial charge in [-0.2, -0.15) is 0 Å². The van der Waals surface area contributed by atoms with E-state index in [2.05, 4.69) is 38.2 Å². The molecule has 0 aromatic carbocycles. The van der Waals surface area contributed by atoms with Crippen LogP contribution >= 0.6 is 7.82 Å². The molecule has 0 aliphatic rings. The summed E-state index contributed by atoms with van der Waals surface area (Å²) in [7, 11) is 1.51. The van der Waals surface area contributed by atoms with Crippen molar-refractivity contribution in [1.82, 2.24) is 0 Å². The fraction of sp³-hybridized carbons (Fsp3) is 0.931. The number of hydrogen-bond donors (Lipinski definition) is 1. The Bertz CT molecular complexity index is 1680. The van der Waals surface area contributed by atoms with Crippen LogP contribution in [0.3, 0.4) is 0 Å². The summed E-state index contributed by atoms with van der Waals surface area (Å²) in [5, 5.41) is 0. The molecule has 0 fully saturated rings. The van der Waals surface area contributed by atoms with E-state index in [1.54, 1.807) is 0 Å². The number of phosphoric ester groups is 1. The van der Waals surface area contributed by atoms with E-state index in [1.165, 1.54) is 398 Å². The Morgan fingerprint density at radius 3 is 0.814 bits per heavy atom. The number of carbonyl (C=O) groups excluding carboxylic acids is 2. The lowest BCUT2D eigenvalue weighted by atomic mass is 10.0. The van der Waals surface area contributed by atoms with E-state index in [4.69, 9.17) is 18.5 Å². The third kappa shape index (κ3) is 83.3. The van der Waals surface area contributed by atoms with Gasteiger partial charge in [-0.1, -0.05) is 436 Å². The second-order valence-corrected chi connectivity index (χ2v) is 32.7. The van der Waals surface area contributed by atoms with Gasteiger partial charge in [-0.3, -0.25) is 18.6 Å². The van der Waals surface area contributed by atoms with Gasteiger partial charge < -0.3 is 18.9 Å². The number of rotatable bonds is 83. The van der Waals surface area contributed by atoms with Gasteiger partial charge in [0.05, 0.1) is 27.7 Å². The van der Waals surface area contributed by atoms with E-state index in [0.717, 1.165) is 44.9 Å². The first-order valence-electron chi connectivity index (χ1n) is 43.6. The number of allylic oxidation sites excluding steroid dienone is 4. The zero-order chi connectivity index (χ0) is 70.4. The van der Waals surface area contributed by atoms with Crippen molar-refractivity contribution in [2.45, 2.75) is 476 Å². The molecule has 576 valence electrons. The van der Waals surface area contributed by atoms with E-state index < -0.39 is 26.5 Å². The monoisotopic (exact) mass is 1390 g/mol. The molecule has 0 radical (unpaired) electrons. The normalized spacial score (nSPS) is 13.0. The number of esters is 2. The predicted molar refractivity (Wildman–Crippen MR) is 423 cm³/mol. The van der Waals surface area contributed by atoms with E-state index >= 15 is 0 Å². The Kier molecular flexibility index (Phi) is 77.4. The summed E-state index contributed by atoms with van der Waals surface area (Å²) in [5.41, 5.74) is 0. The number of nitrogens with zero attached hydrogens (tertiary/aromatic N) is 1. The minimum absolute atomic E-state index is 0.0366. The molecule has 0 rings (SSSR count). The Morgan fingerprint density at radius 1 is 0.320 bits per heavy atom. The van der Waals surface area contributed by atoms with Crippen molar-refractivity contribution in [1.29, 1.82) is 0 Å². The standard InChI is InChI=1S/C87H170NO8P/c1-6-8-10-12-14-16-18-20-22-24-26-28-30-32-34-36-38-40-42-44-46-48-50-52-54-56-58-60-62-64-66-68-70-72-74-76-78-80-87(90)96-85(84-95-97(91,92)94-82-81-88(3,4)5)83-93-86(89)79-77-75-73-71-69-67-65-63-61-59-57-55-53-51-49-47-45-43-41-39-37-35-33-31-29-27-25-23-21-19-17-15-13-11-9-7-2/h18,20,24,26,85H,6-17,19,21-23,25,27-84H2,1-5H3/p+1/b20-18-,26-24-. The van der Waals surface area contributed by atoms with Crippen LogP contribution in [0.15, 0.2) is 24.3 Å². The van der Waals surface area contributed by atoms with Gasteiger partial charge >= 0.3 is 19.8 Å². The molecule has 10 heteroatoms. The maximum Gasteiger partial charge on any atom is 0.472 e. The number of ether oxygens (including phenoxy) is 2. The van der Waals surface area contributed by atoms with E-state index in [9.17, 15) is 19.0 Å². The quantitative estimate of drug-likeness (QED) is 0.0211. The average molecular weight is 1390 g/mol. The Balaban J connectivity index is 3.85. The maximum atomic E-state index is 12.9. The highest BCUT2D eigenvalue weighted by atomic mass is 31.2. The molecule has 0 bridgehead atoms. The summed E-state index contributed by atoms with van der Waals surface area (Å²) in [6.07, 6.45) is 102. The molecule has 0 spiro atoms. The van der Waals surface area contributed by atoms with Crippen LogP contribution in [0.5, 0.6) is 0 Å². The van der Waals surface area contributed by atoms with Crippen molar-refractivity contribution < 1.29 is 42.1 Å². The molecule has 2 unspecified atom stereocenters. The van der Waals surface area contributed by atoms with Crippen molar-refractivity contribution in [3.8, 4) is 0 Å². The van der Waals surface area contributed by atoms with Crippen LogP contribution in [0, 0.1) is 0 Å². The molecule has 0 saturated heterocycles. The smallest absolute Gasteiger partial charge is 0.462 e. The largest absolute Gasteiger partial charge is 0.472 e. The van der Waals surface area contributed by atoms with Gasteiger partial charge in [0.25, 0.3) is 0 Å². The van der Waals surface area contributed by atoms with Gasteiger partial charge in [0.2, 0.25) is 0 Å². The summed E-state index contributed by atoms with van der Waals surface area (Å²) in [5.74, 6) is -0.766. The molecular formula is C87H171NO8P+. The summed E-state index contributed by atoms with van der Waals surface area (Å²) in [4.78, 5) is 36.0. The van der Waals surface area contributed by atoms with Crippen LogP contribution in [0.4, 0.5) is 0 Å². The van der Waals surface area contributed by atoms with Gasteiger partial charge in [0.15, 0.2) is 6.10 Å². The van der Waals surface area contributed by atoms with Crippen LogP contribution in [0.2, 0.25) is 0 Å². The number of quaternary nitrogens is 1. The van der Waals surface area contributed by atoms with Crippen LogP contribution in [0.1, 0.15) is 470 Å². The predicted octanol–water partition coefficient (Wildman–Crippen LogP) is 29.1. The van der Waals surface area contributed by atoms with Crippen molar-refractivity contribution >= 4 is 19.8 Å². The molecule has 0 aromatic rings. The topological polar surface area (TPSA) is 108 Å². The molecule has 0 heterocycles. The molecule has 0 amide bonds. The number of carbonyl (C=O) groups is 2. The first-order valence-corrected chi connectivity index (χ1v) is 45.1. The van der Waals surface area contributed by atoms with Gasteiger partial charge in [-0.15, -0.1) is 0 Å². The zero-order valence-electron chi connectivity index (χ0n) is 66.1. The van der Waals surface area contributed by atoms with Gasteiger partial charge in [-0.05, 0) is 44.9 Å². The van der Waals surface area contributed by atoms with Gasteiger partial charge in [0, 0.05) is 12.8 Å². The van der Waals surface area contributed by atoms with E-state index in [1.807, 2.05) is 21.1 Å². The highest BCUT2D eigenvalue weighted by Gasteiger charge is 2.27. The lowest BCUT2D eigenvalue weighted by molar-refractivity contribution is -0.870. The fourth-order valence-electron chi connectivity index (χ4n) is 13.6. The summed E-state index contributed by atoms with van der Waals surface area (Å²) >= 11 is 0. The van der Waals surface area contributed by atoms with Crippen LogP contribution in [0.25, 0.3) is 0 Å². The molecule has 1 N–H and O–H groups in total. The average Bonchev–Trinajstić information content (AvgIpc) is 1.41. The van der Waals surface area contributed by atoms with Crippen LogP contribution in [-0.4, -0.2) is 74.9 Å². The van der Waals surface area contributed by atoms with Crippen molar-refractivity contribution in [2.24, 2.45) is 0 Å². The van der Waals surface area contributed by atoms with Crippen LogP contribution in [-0.2, 0) is 32.7 Å². The third-order valence-corrected chi connectivity index (χ3v) is 21.2. The molecule has 9 nitrogen and oxygen atoms in total. The van der Waals surface area contributed by atoms with E-state index in [-0.39, 0.29) is 25.6 Å². The lowest BCUT2D eigenvalue weighted by Crippen LogP contribution is -2.37.